The molecule has 0 unspecified atom stereocenters. The molecule has 0 saturated carbocycles. The van der Waals surface area contributed by atoms with Crippen molar-refractivity contribution in [2.75, 3.05) is 16.6 Å². The van der Waals surface area contributed by atoms with Crippen LogP contribution in [0.25, 0.3) is 10.8 Å². The third-order valence-corrected chi connectivity index (χ3v) is 7.69. The second-order valence-electron chi connectivity index (χ2n) is 8.12. The number of carboxylic acids is 1. The molecule has 0 atom stereocenters. The molecule has 1 amide bonds. The van der Waals surface area contributed by atoms with E-state index >= 15 is 0 Å². The minimum absolute atomic E-state index is 0.0819. The lowest BCUT2D eigenvalue weighted by Gasteiger charge is -2.25. The highest BCUT2D eigenvalue weighted by atomic mass is 35.5. The Morgan fingerprint density at radius 1 is 0.892 bits per heavy atom. The van der Waals surface area contributed by atoms with Crippen LogP contribution in [0, 0.1) is 0 Å². The van der Waals surface area contributed by atoms with Crippen LogP contribution in [0.15, 0.2) is 83.8 Å². The van der Waals surface area contributed by atoms with Gasteiger partial charge < -0.3 is 16.2 Å². The van der Waals surface area contributed by atoms with Crippen LogP contribution >= 0.6 is 23.2 Å². The summed E-state index contributed by atoms with van der Waals surface area (Å²) in [4.78, 5) is 24.5. The van der Waals surface area contributed by atoms with Gasteiger partial charge in [-0.2, -0.15) is 0 Å². The van der Waals surface area contributed by atoms with E-state index in [1.807, 2.05) is 6.07 Å². The maximum Gasteiger partial charge on any atom is 0.324 e. The van der Waals surface area contributed by atoms with E-state index in [4.69, 9.17) is 28.9 Å². The fourth-order valence-corrected chi connectivity index (χ4v) is 6.08. The van der Waals surface area contributed by atoms with Crippen LogP contribution in [0.3, 0.4) is 0 Å². The van der Waals surface area contributed by atoms with Crippen molar-refractivity contribution in [3.8, 4) is 0 Å². The van der Waals surface area contributed by atoms with Gasteiger partial charge in [-0.1, -0.05) is 59.6 Å². The molecule has 4 aromatic rings. The molecule has 4 N–H and O–H groups in total. The zero-order chi connectivity index (χ0) is 26.7. The molecule has 11 heteroatoms. The molecule has 4 aromatic carbocycles. The first-order chi connectivity index (χ1) is 17.6. The number of benzene rings is 4. The number of aliphatic carboxylic acids is 1. The summed E-state index contributed by atoms with van der Waals surface area (Å²) in [5, 5.41) is 13.4. The first kappa shape index (κ1) is 26.3. The molecule has 0 spiro atoms. The Bertz CT molecular complexity index is 1610. The Labute approximate surface area is 223 Å². The number of fused-ring (bicyclic) bond motifs is 1. The molecule has 0 radical (unpaired) electrons. The first-order valence-electron chi connectivity index (χ1n) is 10.9. The van der Waals surface area contributed by atoms with Crippen LogP contribution in [0.1, 0.15) is 15.9 Å². The molecule has 0 heterocycles. The van der Waals surface area contributed by atoms with Gasteiger partial charge in [0.15, 0.2) is 0 Å². The Balaban J connectivity index is 1.77. The van der Waals surface area contributed by atoms with Crippen molar-refractivity contribution in [3.63, 3.8) is 0 Å². The molecule has 37 heavy (non-hydrogen) atoms. The number of nitrogens with two attached hydrogens (primary N) is 1. The van der Waals surface area contributed by atoms with Gasteiger partial charge in [-0.15, -0.1) is 0 Å². The molecule has 0 saturated heterocycles. The summed E-state index contributed by atoms with van der Waals surface area (Å²) in [5.74, 6) is -1.76. The molecule has 0 aliphatic rings. The molecular formula is C26H21Cl2N3O5S. The van der Waals surface area contributed by atoms with Crippen molar-refractivity contribution >= 4 is 67.2 Å². The van der Waals surface area contributed by atoms with Gasteiger partial charge in [0.1, 0.15) is 6.54 Å². The van der Waals surface area contributed by atoms with Crippen LogP contribution in [0.5, 0.6) is 0 Å². The van der Waals surface area contributed by atoms with E-state index < -0.39 is 22.5 Å². The van der Waals surface area contributed by atoms with Gasteiger partial charge in [0.25, 0.3) is 15.9 Å². The van der Waals surface area contributed by atoms with Crippen molar-refractivity contribution in [2.24, 2.45) is 0 Å². The number of amides is 1. The minimum Gasteiger partial charge on any atom is -0.480 e. The third-order valence-electron chi connectivity index (χ3n) is 5.52. The van der Waals surface area contributed by atoms with E-state index in [-0.39, 0.29) is 33.1 Å². The van der Waals surface area contributed by atoms with Crippen molar-refractivity contribution in [1.82, 2.24) is 5.32 Å². The molecule has 8 nitrogen and oxygen atoms in total. The lowest BCUT2D eigenvalue weighted by atomic mass is 10.0. The topological polar surface area (TPSA) is 130 Å². The number of hydrogen-bond acceptors (Lipinski definition) is 5. The summed E-state index contributed by atoms with van der Waals surface area (Å²) in [6.45, 7) is -0.633. The monoisotopic (exact) mass is 557 g/mol. The number of carbonyl (C=O) groups excluding carboxylic acids is 1. The summed E-state index contributed by atoms with van der Waals surface area (Å²) >= 11 is 12.0. The Morgan fingerprint density at radius 2 is 1.54 bits per heavy atom. The molecule has 0 aliphatic heterocycles. The van der Waals surface area contributed by atoms with E-state index in [2.05, 4.69) is 5.32 Å². The normalized spacial score (nSPS) is 11.3. The van der Waals surface area contributed by atoms with Gasteiger partial charge in [0.05, 0.1) is 10.6 Å². The van der Waals surface area contributed by atoms with Crippen molar-refractivity contribution < 1.29 is 23.1 Å². The van der Waals surface area contributed by atoms with Crippen LogP contribution in [0.2, 0.25) is 10.0 Å². The molecule has 4 rings (SSSR count). The van der Waals surface area contributed by atoms with E-state index in [9.17, 15) is 23.1 Å². The Kier molecular flexibility index (Phi) is 7.58. The number of hydrogen-bond donors (Lipinski definition) is 3. The molecular weight excluding hydrogens is 537 g/mol. The second-order valence-corrected chi connectivity index (χ2v) is 10.9. The van der Waals surface area contributed by atoms with E-state index in [0.717, 1.165) is 9.87 Å². The standard InChI is InChI=1S/C26H21Cl2N3O5S/c27-17-11-18(28)13-20(12-17)37(35,36)31(15-25(32)33)24-9-3-6-21-22(24)7-2-8-23(21)26(34)30-14-16-4-1-5-19(29)10-16/h1-13H,14-15,29H2,(H,30,34)(H,32,33). The molecule has 0 fully saturated rings. The number of nitrogens with one attached hydrogen (secondary N) is 1. The van der Waals surface area contributed by atoms with Crippen molar-refractivity contribution in [1.29, 1.82) is 0 Å². The summed E-state index contributed by atoms with van der Waals surface area (Å²) < 4.78 is 27.9. The molecule has 0 aromatic heterocycles. The second kappa shape index (κ2) is 10.7. The molecule has 0 bridgehead atoms. The number of rotatable bonds is 8. The maximum absolute atomic E-state index is 13.6. The summed E-state index contributed by atoms with van der Waals surface area (Å²) in [7, 11) is -4.40. The quantitative estimate of drug-likeness (QED) is 0.263. The van der Waals surface area contributed by atoms with Crippen LogP contribution < -0.4 is 15.4 Å². The van der Waals surface area contributed by atoms with Gasteiger partial charge in [0.2, 0.25) is 0 Å². The first-order valence-corrected chi connectivity index (χ1v) is 13.1. The highest BCUT2D eigenvalue weighted by Gasteiger charge is 2.29. The SMILES string of the molecule is Nc1cccc(CNC(=O)c2cccc3c(N(CC(=O)O)S(=O)(=O)c4cc(Cl)cc(Cl)c4)cccc23)c1. The predicted octanol–water partition coefficient (Wildman–Crippen LogP) is 4.94. The number of nitrogens with zero attached hydrogens (tertiary/aromatic N) is 1. The smallest absolute Gasteiger partial charge is 0.324 e. The Hall–Kier alpha value is -3.79. The van der Waals surface area contributed by atoms with Gasteiger partial charge in [0, 0.05) is 33.2 Å². The van der Waals surface area contributed by atoms with Crippen LogP contribution in [-0.2, 0) is 21.4 Å². The van der Waals surface area contributed by atoms with Gasteiger partial charge >= 0.3 is 5.97 Å². The number of anilines is 2. The zero-order valence-corrected chi connectivity index (χ0v) is 21.5. The van der Waals surface area contributed by atoms with Crippen molar-refractivity contribution in [2.45, 2.75) is 11.4 Å². The number of nitrogen functional groups attached to an aromatic ring is 1. The highest BCUT2D eigenvalue weighted by molar-refractivity contribution is 7.92. The average Bonchev–Trinajstić information content (AvgIpc) is 2.84. The number of sulfonamides is 1. The van der Waals surface area contributed by atoms with Crippen LogP contribution in [-0.4, -0.2) is 31.9 Å². The van der Waals surface area contributed by atoms with Crippen LogP contribution in [0.4, 0.5) is 11.4 Å². The zero-order valence-electron chi connectivity index (χ0n) is 19.2. The summed E-state index contributed by atoms with van der Waals surface area (Å²) in [6.07, 6.45) is 0. The number of halogens is 2. The number of carboxylic acid groups (broad SMARTS) is 1. The van der Waals surface area contributed by atoms with Gasteiger partial charge in [-0.05, 0) is 53.4 Å². The highest BCUT2D eigenvalue weighted by Crippen LogP contribution is 2.34. The fraction of sp³-hybridized carbons (Fsp3) is 0.0769. The average molecular weight is 558 g/mol. The molecule has 190 valence electrons. The summed E-state index contributed by atoms with van der Waals surface area (Å²) in [5.41, 5.74) is 7.56. The van der Waals surface area contributed by atoms with E-state index in [0.29, 0.717) is 22.0 Å². The molecule has 0 aliphatic carbocycles. The lowest BCUT2D eigenvalue weighted by molar-refractivity contribution is -0.135. The maximum atomic E-state index is 13.6. The van der Waals surface area contributed by atoms with E-state index in [1.165, 1.54) is 24.3 Å². The largest absolute Gasteiger partial charge is 0.480 e. The summed E-state index contributed by atoms with van der Waals surface area (Å²) in [6, 6.07) is 20.4. The van der Waals surface area contributed by atoms with Gasteiger partial charge in [-0.3, -0.25) is 13.9 Å². The Morgan fingerprint density at radius 3 is 2.22 bits per heavy atom. The van der Waals surface area contributed by atoms with E-state index in [1.54, 1.807) is 48.5 Å². The third kappa shape index (κ3) is 5.80. The fourth-order valence-electron chi connectivity index (χ4n) is 3.92. The minimum atomic E-state index is -4.40. The number of carbonyl (C=O) groups is 2. The lowest BCUT2D eigenvalue weighted by Crippen LogP contribution is -2.36. The van der Waals surface area contributed by atoms with Gasteiger partial charge in [-0.25, -0.2) is 8.42 Å². The van der Waals surface area contributed by atoms with Crippen molar-refractivity contribution in [3.05, 3.63) is 100 Å². The predicted molar refractivity (Wildman–Crippen MR) is 145 cm³/mol.